The molecule has 0 bridgehead atoms. The van der Waals surface area contributed by atoms with Crippen LogP contribution in [-0.2, 0) is 0 Å². The quantitative estimate of drug-likeness (QED) is 0.430. The van der Waals surface area contributed by atoms with E-state index in [2.05, 4.69) is 35.6 Å². The molecule has 4 aromatic rings. The highest BCUT2D eigenvalue weighted by molar-refractivity contribution is 7.59. The zero-order valence-corrected chi connectivity index (χ0v) is 19.7. The van der Waals surface area contributed by atoms with Crippen LogP contribution in [0.4, 0.5) is 14.6 Å². The zero-order chi connectivity index (χ0) is 23.5. The van der Waals surface area contributed by atoms with Crippen LogP contribution >= 0.6 is 13.5 Å². The van der Waals surface area contributed by atoms with E-state index in [0.717, 1.165) is 11.8 Å². The number of benzene rings is 1. The van der Waals surface area contributed by atoms with Crippen LogP contribution in [0.3, 0.4) is 0 Å². The number of carbonyl (C=O) groups is 1. The molecule has 176 valence electrons. The lowest BCUT2D eigenvalue weighted by atomic mass is 9.95. The van der Waals surface area contributed by atoms with Crippen molar-refractivity contribution >= 4 is 36.1 Å². The minimum absolute atomic E-state index is 0. The fourth-order valence-corrected chi connectivity index (χ4v) is 3.51. The fraction of sp³-hybridized carbons (Fsp3) is 0.217. The van der Waals surface area contributed by atoms with Gasteiger partial charge in [0.2, 0.25) is 0 Å². The van der Waals surface area contributed by atoms with Gasteiger partial charge in [0.15, 0.2) is 5.82 Å². The number of nitrogens with one attached hydrogen (secondary N) is 2. The molecule has 34 heavy (non-hydrogen) atoms. The number of nitrogens with zero attached hydrogens (tertiary/aromatic N) is 5. The monoisotopic (exact) mass is 483 g/mol. The molecule has 0 aliphatic rings. The molecular weight excluding hydrogens is 460 g/mol. The van der Waals surface area contributed by atoms with Gasteiger partial charge in [-0.15, -0.1) is 0 Å². The lowest BCUT2D eigenvalue weighted by molar-refractivity contribution is 0.0960. The Kier molecular flexibility index (Phi) is 7.67. The van der Waals surface area contributed by atoms with Crippen molar-refractivity contribution in [2.24, 2.45) is 0 Å². The molecule has 3 heterocycles. The molecule has 3 aromatic heterocycles. The summed E-state index contributed by atoms with van der Waals surface area (Å²) in [5.74, 6) is -1.21. The van der Waals surface area contributed by atoms with Gasteiger partial charge in [-0.25, -0.2) is 28.7 Å². The summed E-state index contributed by atoms with van der Waals surface area (Å²) in [5, 5.41) is 5.45. The Hall–Kier alpha value is -3.73. The molecule has 1 atom stereocenters. The van der Waals surface area contributed by atoms with Crippen molar-refractivity contribution in [3.05, 3.63) is 71.7 Å². The molecule has 0 fully saturated rings. The summed E-state index contributed by atoms with van der Waals surface area (Å²) in [5.41, 5.74) is 1.98. The lowest BCUT2D eigenvalue weighted by Crippen LogP contribution is -2.21. The molecule has 0 aliphatic carbocycles. The van der Waals surface area contributed by atoms with Crippen molar-refractivity contribution in [3.8, 4) is 11.3 Å². The number of anilines is 1. The van der Waals surface area contributed by atoms with Gasteiger partial charge in [-0.3, -0.25) is 9.78 Å². The topological polar surface area (TPSA) is 106 Å². The minimum atomic E-state index is -0.878. The number of hydrogen-bond donors (Lipinski definition) is 2. The summed E-state index contributed by atoms with van der Waals surface area (Å²) in [7, 11) is 1.36. The number of halogens is 2. The second-order valence-corrected chi connectivity index (χ2v) is 7.51. The van der Waals surface area contributed by atoms with Crippen LogP contribution in [0.25, 0.3) is 22.2 Å². The molecule has 1 aromatic carbocycles. The highest BCUT2D eigenvalue weighted by Crippen LogP contribution is 2.30. The van der Waals surface area contributed by atoms with E-state index in [9.17, 15) is 13.6 Å². The Labute approximate surface area is 201 Å². The zero-order valence-electron chi connectivity index (χ0n) is 18.7. The molecule has 4 rings (SSSR count). The van der Waals surface area contributed by atoms with Crippen LogP contribution in [0.2, 0.25) is 0 Å². The van der Waals surface area contributed by atoms with Crippen LogP contribution in [-0.4, -0.2) is 44.4 Å². The van der Waals surface area contributed by atoms with E-state index in [1.807, 2.05) is 6.92 Å². The van der Waals surface area contributed by atoms with E-state index >= 15 is 0 Å². The van der Waals surface area contributed by atoms with E-state index in [1.165, 1.54) is 19.4 Å². The second kappa shape index (κ2) is 10.5. The van der Waals surface area contributed by atoms with E-state index in [-0.39, 0.29) is 35.9 Å². The molecule has 0 saturated heterocycles. The summed E-state index contributed by atoms with van der Waals surface area (Å²) >= 11 is 0. The number of aryl methyl sites for hydroxylation is 1. The van der Waals surface area contributed by atoms with Gasteiger partial charge in [0.1, 0.15) is 23.8 Å². The van der Waals surface area contributed by atoms with Gasteiger partial charge >= 0.3 is 0 Å². The van der Waals surface area contributed by atoms with Crippen molar-refractivity contribution in [2.45, 2.75) is 19.8 Å². The summed E-state index contributed by atoms with van der Waals surface area (Å²) in [6.45, 7) is 4.15. The maximum Gasteiger partial charge on any atom is 0.254 e. The number of carbonyl (C=O) groups excluding carboxylic acids is 1. The molecule has 8 nitrogen and oxygen atoms in total. The van der Waals surface area contributed by atoms with Crippen LogP contribution < -0.4 is 10.6 Å². The number of rotatable bonds is 6. The molecule has 0 unspecified atom stereocenters. The van der Waals surface area contributed by atoms with Gasteiger partial charge in [-0.2, -0.15) is 13.5 Å². The SMILES string of the molecule is CNC(=O)c1c(F)cnc2c([C@H](C)CNc3cc(-c4cnc(C)nc4)ncn3)ccc(F)c12.S. The smallest absolute Gasteiger partial charge is 0.254 e. The Morgan fingerprint density at radius 2 is 1.76 bits per heavy atom. The lowest BCUT2D eigenvalue weighted by Gasteiger charge is -2.17. The van der Waals surface area contributed by atoms with E-state index in [1.54, 1.807) is 31.5 Å². The maximum atomic E-state index is 14.6. The van der Waals surface area contributed by atoms with Crippen LogP contribution in [0, 0.1) is 18.6 Å². The third kappa shape index (κ3) is 4.93. The number of hydrogen-bond acceptors (Lipinski definition) is 7. The molecule has 1 amide bonds. The number of pyridine rings is 1. The molecule has 11 heteroatoms. The van der Waals surface area contributed by atoms with E-state index < -0.39 is 17.5 Å². The first-order valence-corrected chi connectivity index (χ1v) is 10.2. The predicted octanol–water partition coefficient (Wildman–Crippen LogP) is 3.76. The Morgan fingerprint density at radius 3 is 2.47 bits per heavy atom. The largest absolute Gasteiger partial charge is 0.369 e. The Balaban J connectivity index is 0.00000324. The van der Waals surface area contributed by atoms with Crippen LogP contribution in [0.15, 0.2) is 43.1 Å². The highest BCUT2D eigenvalue weighted by Gasteiger charge is 2.22. The molecular formula is C23H23F2N7OS. The minimum Gasteiger partial charge on any atom is -0.369 e. The highest BCUT2D eigenvalue weighted by atomic mass is 32.1. The van der Waals surface area contributed by atoms with Crippen molar-refractivity contribution in [1.29, 1.82) is 0 Å². The first-order chi connectivity index (χ1) is 15.9. The third-order valence-electron chi connectivity index (χ3n) is 5.27. The molecule has 0 aliphatic heterocycles. The second-order valence-electron chi connectivity index (χ2n) is 7.51. The predicted molar refractivity (Wildman–Crippen MR) is 130 cm³/mol. The van der Waals surface area contributed by atoms with Gasteiger partial charge in [0.25, 0.3) is 5.91 Å². The molecule has 0 saturated carbocycles. The van der Waals surface area contributed by atoms with Gasteiger partial charge in [0, 0.05) is 43.5 Å². The van der Waals surface area contributed by atoms with Gasteiger partial charge in [-0.05, 0) is 18.6 Å². The van der Waals surface area contributed by atoms with E-state index in [0.29, 0.717) is 29.4 Å². The summed E-state index contributed by atoms with van der Waals surface area (Å²) in [6, 6.07) is 4.60. The normalized spacial score (nSPS) is 11.6. The van der Waals surface area contributed by atoms with E-state index in [4.69, 9.17) is 0 Å². The molecule has 0 spiro atoms. The maximum absolute atomic E-state index is 14.6. The van der Waals surface area contributed by atoms with Crippen molar-refractivity contribution in [3.63, 3.8) is 0 Å². The Morgan fingerprint density at radius 1 is 1.03 bits per heavy atom. The first kappa shape index (κ1) is 24.9. The van der Waals surface area contributed by atoms with Gasteiger partial charge < -0.3 is 10.6 Å². The van der Waals surface area contributed by atoms with Gasteiger partial charge in [-0.1, -0.05) is 13.0 Å². The molecule has 0 radical (unpaired) electrons. The summed E-state index contributed by atoms with van der Waals surface area (Å²) in [4.78, 5) is 33.1. The Bertz CT molecular complexity index is 1340. The average molecular weight is 484 g/mol. The number of fused-ring (bicyclic) bond motifs is 1. The summed E-state index contributed by atoms with van der Waals surface area (Å²) in [6.07, 6.45) is 5.76. The van der Waals surface area contributed by atoms with Gasteiger partial charge in [0.05, 0.1) is 28.4 Å². The standard InChI is InChI=1S/C23H21F2N7O.H2S/c1-12(7-29-19-6-18(31-11-32-19)14-8-27-13(2)28-9-14)15-4-5-16(24)20-21(23(33)26-3)17(25)10-30-22(15)20;/h4-6,8-12H,7H2,1-3H3,(H,26,33)(H,29,31,32);1H2/t12-;/m1./s1. The third-order valence-corrected chi connectivity index (χ3v) is 5.27. The molecule has 2 N–H and O–H groups in total. The fourth-order valence-electron chi connectivity index (χ4n) is 3.51. The van der Waals surface area contributed by atoms with Crippen LogP contribution in [0.1, 0.15) is 34.6 Å². The van der Waals surface area contributed by atoms with Crippen molar-refractivity contribution in [2.75, 3.05) is 18.9 Å². The number of aromatic nitrogens is 5. The first-order valence-electron chi connectivity index (χ1n) is 10.2. The van der Waals surface area contributed by atoms with Crippen molar-refractivity contribution in [1.82, 2.24) is 30.2 Å². The average Bonchev–Trinajstić information content (AvgIpc) is 2.83. The number of amides is 1. The van der Waals surface area contributed by atoms with Crippen molar-refractivity contribution < 1.29 is 13.6 Å². The van der Waals surface area contributed by atoms with Crippen LogP contribution in [0.5, 0.6) is 0 Å². The summed E-state index contributed by atoms with van der Waals surface area (Å²) < 4.78 is 28.9.